The number of carbonyl (C=O) groups is 1. The number of amides is 1. The lowest BCUT2D eigenvalue weighted by Crippen LogP contribution is -2.35. The van der Waals surface area contributed by atoms with Gasteiger partial charge in [-0.15, -0.1) is 10.6 Å². The van der Waals surface area contributed by atoms with Crippen LogP contribution in [0.4, 0.5) is 11.4 Å². The number of aromatic hydroxyl groups is 1. The van der Waals surface area contributed by atoms with Gasteiger partial charge >= 0.3 is 5.91 Å². The van der Waals surface area contributed by atoms with Gasteiger partial charge in [0.25, 0.3) is 0 Å². The number of phenols is 1. The summed E-state index contributed by atoms with van der Waals surface area (Å²) in [5.41, 5.74) is 17.8. The molecule has 0 spiro atoms. The Morgan fingerprint density at radius 2 is 1.86 bits per heavy atom. The number of amidine groups is 1. The van der Waals surface area contributed by atoms with Crippen LogP contribution in [-0.2, 0) is 17.6 Å². The second kappa shape index (κ2) is 8.82. The van der Waals surface area contributed by atoms with Crippen LogP contribution in [0.2, 0.25) is 0 Å². The standard InChI is InChI=1S/C26H24N8O2/c1-15-23(26(36)34(31-15)20-12-11-16-5-2-6-17(16)14-20)28-27-22-10-4-9-21(24(22)35)18-7-3-8-19(13-18)25-29-32-33-30-25/h3-4,7-14,27,32-33,35H,2,5-6H2,1H3,(H,29,30)/b28-23-. The number of hydrazone groups is 3. The maximum absolute atomic E-state index is 13.1. The summed E-state index contributed by atoms with van der Waals surface area (Å²) in [7, 11) is 0. The third-order valence-electron chi connectivity index (χ3n) is 6.49. The van der Waals surface area contributed by atoms with Crippen molar-refractivity contribution < 1.29 is 9.90 Å². The molecule has 0 aromatic heterocycles. The van der Waals surface area contributed by atoms with Crippen LogP contribution < -0.4 is 26.9 Å². The van der Waals surface area contributed by atoms with E-state index in [1.54, 1.807) is 13.0 Å². The van der Waals surface area contributed by atoms with Crippen LogP contribution >= 0.6 is 0 Å². The van der Waals surface area contributed by atoms with Gasteiger partial charge in [-0.3, -0.25) is 15.6 Å². The number of nitrogens with one attached hydrogen (secondary N) is 4. The average Bonchev–Trinajstić information content (AvgIpc) is 3.65. The number of anilines is 2. The molecular weight excluding hydrogens is 456 g/mol. The lowest BCUT2D eigenvalue weighted by molar-refractivity contribution is -0.112. The molecule has 6 rings (SSSR count). The summed E-state index contributed by atoms with van der Waals surface area (Å²) in [6, 6.07) is 19.0. The van der Waals surface area contributed by atoms with E-state index >= 15 is 0 Å². The minimum Gasteiger partial charge on any atom is -0.505 e. The second-order valence-electron chi connectivity index (χ2n) is 8.79. The molecule has 5 N–H and O–H groups in total. The molecule has 0 radical (unpaired) electrons. The predicted molar refractivity (Wildman–Crippen MR) is 140 cm³/mol. The predicted octanol–water partition coefficient (Wildman–Crippen LogP) is 3.01. The summed E-state index contributed by atoms with van der Waals surface area (Å²) in [5.74, 6) is 0.347. The lowest BCUT2D eigenvalue weighted by atomic mass is 10.0. The number of hydrogen-bond donors (Lipinski definition) is 5. The van der Waals surface area contributed by atoms with Crippen LogP contribution in [0.25, 0.3) is 11.1 Å². The molecule has 0 unspecified atom stereocenters. The summed E-state index contributed by atoms with van der Waals surface area (Å²) >= 11 is 0. The first kappa shape index (κ1) is 21.8. The number of phenolic OH excluding ortho intramolecular Hbond substituents is 1. The first-order chi connectivity index (χ1) is 17.6. The smallest absolute Gasteiger partial charge is 0.301 e. The van der Waals surface area contributed by atoms with Gasteiger partial charge < -0.3 is 5.11 Å². The van der Waals surface area contributed by atoms with Crippen LogP contribution in [0.15, 0.2) is 76.0 Å². The van der Waals surface area contributed by atoms with Crippen LogP contribution in [0.3, 0.4) is 0 Å². The van der Waals surface area contributed by atoms with Gasteiger partial charge in [0.1, 0.15) is 5.75 Å². The van der Waals surface area contributed by atoms with Crippen molar-refractivity contribution in [2.45, 2.75) is 26.2 Å². The fraction of sp³-hybridized carbons (Fsp3) is 0.154. The number of rotatable bonds is 5. The molecule has 3 aromatic rings. The van der Waals surface area contributed by atoms with Crippen molar-refractivity contribution in [3.63, 3.8) is 0 Å². The Morgan fingerprint density at radius 3 is 2.72 bits per heavy atom. The van der Waals surface area contributed by atoms with Crippen LogP contribution in [0, 0.1) is 0 Å². The highest BCUT2D eigenvalue weighted by atomic mass is 16.3. The summed E-state index contributed by atoms with van der Waals surface area (Å²) in [6.07, 6.45) is 3.24. The van der Waals surface area contributed by atoms with Crippen molar-refractivity contribution in [3.05, 3.63) is 77.4 Å². The third kappa shape index (κ3) is 3.83. The maximum Gasteiger partial charge on any atom is 0.301 e. The topological polar surface area (TPSA) is 126 Å². The van der Waals surface area contributed by atoms with Crippen LogP contribution in [-0.4, -0.2) is 28.3 Å². The highest BCUT2D eigenvalue weighted by molar-refractivity contribution is 6.71. The Morgan fingerprint density at radius 1 is 1.03 bits per heavy atom. The van der Waals surface area contributed by atoms with E-state index in [-0.39, 0.29) is 17.4 Å². The molecule has 1 amide bonds. The van der Waals surface area contributed by atoms with Gasteiger partial charge in [-0.05, 0) is 67.1 Å². The lowest BCUT2D eigenvalue weighted by Gasteiger charge is -2.13. The molecule has 0 bridgehead atoms. The van der Waals surface area contributed by atoms with E-state index in [0.29, 0.717) is 22.8 Å². The highest BCUT2D eigenvalue weighted by Crippen LogP contribution is 2.36. The van der Waals surface area contributed by atoms with Crippen molar-refractivity contribution in [2.24, 2.45) is 15.3 Å². The van der Waals surface area contributed by atoms with Crippen molar-refractivity contribution in [1.29, 1.82) is 0 Å². The SMILES string of the molecule is CC1=NN(c2ccc3c(c2)CCC3)C(=O)/C1=N\Nc1cccc(-c2cccc(C3=NNNN3)c2)c1O. The van der Waals surface area contributed by atoms with E-state index in [2.05, 4.69) is 43.3 Å². The van der Waals surface area contributed by atoms with Gasteiger partial charge in [-0.2, -0.15) is 15.2 Å². The van der Waals surface area contributed by atoms with Gasteiger partial charge in [0, 0.05) is 11.1 Å². The maximum atomic E-state index is 13.1. The first-order valence-corrected chi connectivity index (χ1v) is 11.7. The average molecular weight is 481 g/mol. The van der Waals surface area contributed by atoms with E-state index in [1.165, 1.54) is 16.1 Å². The molecule has 0 atom stereocenters. The number of benzene rings is 3. The number of fused-ring (bicyclic) bond motifs is 1. The summed E-state index contributed by atoms with van der Waals surface area (Å²) in [5, 5.41) is 25.3. The fourth-order valence-corrected chi connectivity index (χ4v) is 4.64. The first-order valence-electron chi connectivity index (χ1n) is 11.7. The highest BCUT2D eigenvalue weighted by Gasteiger charge is 2.31. The van der Waals surface area contributed by atoms with Gasteiger partial charge in [-0.1, -0.05) is 36.4 Å². The quantitative estimate of drug-likeness (QED) is 0.282. The number of para-hydroxylation sites is 1. The van der Waals surface area contributed by atoms with Gasteiger partial charge in [-0.25, -0.2) is 5.53 Å². The van der Waals surface area contributed by atoms with Crippen molar-refractivity contribution in [2.75, 3.05) is 10.4 Å². The molecule has 36 heavy (non-hydrogen) atoms. The number of hydrogen-bond acceptors (Lipinski definition) is 9. The fourth-order valence-electron chi connectivity index (χ4n) is 4.64. The minimum atomic E-state index is -0.312. The zero-order chi connectivity index (χ0) is 24.6. The molecular formula is C26H24N8O2. The van der Waals surface area contributed by atoms with Crippen molar-refractivity contribution in [3.8, 4) is 16.9 Å². The molecule has 10 nitrogen and oxygen atoms in total. The minimum absolute atomic E-state index is 0.0204. The Labute approximate surface area is 207 Å². The second-order valence-corrected chi connectivity index (χ2v) is 8.79. The van der Waals surface area contributed by atoms with E-state index in [0.717, 1.165) is 36.1 Å². The molecule has 3 aliphatic rings. The zero-order valence-electron chi connectivity index (χ0n) is 19.5. The summed E-state index contributed by atoms with van der Waals surface area (Å²) in [6.45, 7) is 1.75. The van der Waals surface area contributed by atoms with E-state index in [4.69, 9.17) is 0 Å². The Balaban J connectivity index is 1.25. The molecule has 0 saturated carbocycles. The zero-order valence-corrected chi connectivity index (χ0v) is 19.5. The molecule has 1 aliphatic carbocycles. The summed E-state index contributed by atoms with van der Waals surface area (Å²) in [4.78, 5) is 13.1. The number of hydrazine groups is 2. The van der Waals surface area contributed by atoms with E-state index in [9.17, 15) is 9.90 Å². The molecule has 0 fully saturated rings. The summed E-state index contributed by atoms with van der Waals surface area (Å²) < 4.78 is 0. The Bertz CT molecular complexity index is 1480. The molecule has 180 valence electrons. The van der Waals surface area contributed by atoms with Gasteiger partial charge in [0.2, 0.25) is 0 Å². The number of aryl methyl sites for hydroxylation is 2. The normalized spacial score (nSPS) is 17.5. The monoisotopic (exact) mass is 480 g/mol. The van der Waals surface area contributed by atoms with Crippen LogP contribution in [0.5, 0.6) is 5.75 Å². The number of carbonyl (C=O) groups excluding carboxylic acids is 1. The Hall–Kier alpha value is -4.70. The molecule has 2 heterocycles. The molecule has 3 aromatic carbocycles. The van der Waals surface area contributed by atoms with E-state index in [1.807, 2.05) is 48.5 Å². The third-order valence-corrected chi connectivity index (χ3v) is 6.49. The van der Waals surface area contributed by atoms with Gasteiger partial charge in [0.15, 0.2) is 11.5 Å². The van der Waals surface area contributed by atoms with Crippen molar-refractivity contribution >= 4 is 34.5 Å². The van der Waals surface area contributed by atoms with Crippen molar-refractivity contribution in [1.82, 2.24) is 16.5 Å². The van der Waals surface area contributed by atoms with Gasteiger partial charge in [0.05, 0.1) is 17.1 Å². The number of nitrogens with zero attached hydrogens (tertiary/aromatic N) is 4. The largest absolute Gasteiger partial charge is 0.505 e. The Kier molecular flexibility index (Phi) is 5.34. The van der Waals surface area contributed by atoms with Crippen LogP contribution in [0.1, 0.15) is 30.0 Å². The van der Waals surface area contributed by atoms with E-state index < -0.39 is 0 Å². The molecule has 10 heteroatoms. The molecule has 0 saturated heterocycles. The molecule has 2 aliphatic heterocycles.